The van der Waals surface area contributed by atoms with E-state index < -0.39 is 19.3 Å². The van der Waals surface area contributed by atoms with Crippen LogP contribution in [0, 0.1) is 5.92 Å². The van der Waals surface area contributed by atoms with Crippen molar-refractivity contribution in [3.63, 3.8) is 0 Å². The predicted molar refractivity (Wildman–Crippen MR) is 113 cm³/mol. The van der Waals surface area contributed by atoms with Gasteiger partial charge in [0, 0.05) is 42.6 Å². The fourth-order valence-corrected chi connectivity index (χ4v) is 6.84. The van der Waals surface area contributed by atoms with Gasteiger partial charge in [-0.25, -0.2) is 0 Å². The summed E-state index contributed by atoms with van der Waals surface area (Å²) in [5, 5.41) is 0.340. The summed E-state index contributed by atoms with van der Waals surface area (Å²) in [7, 11) is -3.34. The standard InChI is InChI=1S/C22H23N2O4P/c1-17(16-21(25)20-12-15-28-22(20)26)29(27)23(18-8-4-2-5-9-18)13-14-24(29)19-10-6-3-7-11-19/h2-11,20H,1,12-16H2. The van der Waals surface area contributed by atoms with Gasteiger partial charge in [-0.3, -0.25) is 14.2 Å². The molecule has 2 aliphatic heterocycles. The monoisotopic (exact) mass is 410 g/mol. The first-order valence-corrected chi connectivity index (χ1v) is 11.3. The Bertz CT molecular complexity index is 925. The third-order valence-electron chi connectivity index (χ3n) is 5.40. The molecule has 1 unspecified atom stereocenters. The number of anilines is 2. The van der Waals surface area contributed by atoms with Crippen LogP contribution < -0.4 is 9.34 Å². The molecule has 0 spiro atoms. The zero-order chi connectivity index (χ0) is 20.4. The topological polar surface area (TPSA) is 66.9 Å². The van der Waals surface area contributed by atoms with Gasteiger partial charge in [0.2, 0.25) is 0 Å². The Morgan fingerprint density at radius 1 is 1.00 bits per heavy atom. The van der Waals surface area contributed by atoms with Crippen LogP contribution in [0.25, 0.3) is 0 Å². The van der Waals surface area contributed by atoms with Crippen molar-refractivity contribution in [3.8, 4) is 0 Å². The van der Waals surface area contributed by atoms with Crippen LogP contribution in [0.4, 0.5) is 11.4 Å². The number of para-hydroxylation sites is 2. The van der Waals surface area contributed by atoms with Gasteiger partial charge in [0.1, 0.15) is 5.92 Å². The van der Waals surface area contributed by atoms with E-state index in [0.717, 1.165) is 11.4 Å². The molecule has 1 atom stereocenters. The highest BCUT2D eigenvalue weighted by Crippen LogP contribution is 2.65. The Labute approximate surface area is 170 Å². The van der Waals surface area contributed by atoms with Crippen LogP contribution in [0.2, 0.25) is 0 Å². The molecule has 0 saturated carbocycles. The quantitative estimate of drug-likeness (QED) is 0.403. The first-order valence-electron chi connectivity index (χ1n) is 9.65. The van der Waals surface area contributed by atoms with Crippen LogP contribution >= 0.6 is 7.44 Å². The maximum Gasteiger partial charge on any atom is 0.316 e. The van der Waals surface area contributed by atoms with Crippen molar-refractivity contribution in [2.24, 2.45) is 5.92 Å². The van der Waals surface area contributed by atoms with Crippen molar-refractivity contribution in [1.82, 2.24) is 0 Å². The van der Waals surface area contributed by atoms with Crippen molar-refractivity contribution < 1.29 is 18.9 Å². The zero-order valence-electron chi connectivity index (χ0n) is 16.1. The zero-order valence-corrected chi connectivity index (χ0v) is 17.0. The second kappa shape index (κ2) is 7.88. The van der Waals surface area contributed by atoms with Crippen LogP contribution in [-0.4, -0.2) is 31.4 Å². The number of esters is 1. The summed E-state index contributed by atoms with van der Waals surface area (Å²) in [6.07, 6.45) is 0.268. The fourth-order valence-electron chi connectivity index (χ4n) is 3.92. The lowest BCUT2D eigenvalue weighted by Crippen LogP contribution is -2.24. The first-order chi connectivity index (χ1) is 14.0. The number of carbonyl (C=O) groups excluding carboxylic acids is 2. The van der Waals surface area contributed by atoms with E-state index in [2.05, 4.69) is 6.58 Å². The van der Waals surface area contributed by atoms with Crippen LogP contribution in [0.1, 0.15) is 12.8 Å². The smallest absolute Gasteiger partial charge is 0.316 e. The van der Waals surface area contributed by atoms with Gasteiger partial charge >= 0.3 is 5.97 Å². The number of ketones is 1. The molecule has 0 aromatic heterocycles. The Balaban J connectivity index is 1.68. The van der Waals surface area contributed by atoms with E-state index in [1.165, 1.54) is 0 Å². The number of benzene rings is 2. The lowest BCUT2D eigenvalue weighted by Gasteiger charge is -2.34. The highest BCUT2D eigenvalue weighted by Gasteiger charge is 2.47. The minimum absolute atomic E-state index is 0.107. The Kier molecular flexibility index (Phi) is 5.29. The van der Waals surface area contributed by atoms with E-state index in [1.54, 1.807) is 0 Å². The lowest BCUT2D eigenvalue weighted by atomic mass is 10.0. The molecule has 2 saturated heterocycles. The van der Waals surface area contributed by atoms with Crippen molar-refractivity contribution in [2.75, 3.05) is 29.0 Å². The predicted octanol–water partition coefficient (Wildman–Crippen LogP) is 4.24. The summed E-state index contributed by atoms with van der Waals surface area (Å²) in [6, 6.07) is 19.0. The molecule has 0 N–H and O–H groups in total. The molecule has 0 radical (unpaired) electrons. The molecule has 2 aromatic rings. The van der Waals surface area contributed by atoms with Gasteiger partial charge in [0.25, 0.3) is 7.44 Å². The minimum atomic E-state index is -3.34. The minimum Gasteiger partial charge on any atom is -0.465 e. The highest BCUT2D eigenvalue weighted by molar-refractivity contribution is 7.71. The molecule has 29 heavy (non-hydrogen) atoms. The summed E-state index contributed by atoms with van der Waals surface area (Å²) in [5.41, 5.74) is 1.64. The summed E-state index contributed by atoms with van der Waals surface area (Å²) in [5.74, 6) is -1.55. The van der Waals surface area contributed by atoms with Crippen LogP contribution in [0.15, 0.2) is 72.6 Å². The van der Waals surface area contributed by atoms with E-state index in [-0.39, 0.29) is 18.8 Å². The van der Waals surface area contributed by atoms with E-state index in [1.807, 2.05) is 70.0 Å². The molecule has 2 aliphatic rings. The second-order valence-corrected chi connectivity index (χ2v) is 9.87. The van der Waals surface area contributed by atoms with Crippen molar-refractivity contribution in [2.45, 2.75) is 12.8 Å². The molecule has 2 aromatic carbocycles. The van der Waals surface area contributed by atoms with Gasteiger partial charge < -0.3 is 14.1 Å². The molecule has 0 aliphatic carbocycles. The second-order valence-electron chi connectivity index (χ2n) is 7.18. The average molecular weight is 410 g/mol. The number of hydrogen-bond acceptors (Lipinski definition) is 4. The molecule has 150 valence electrons. The van der Waals surface area contributed by atoms with Gasteiger partial charge in [-0.05, 0) is 24.3 Å². The molecule has 2 fully saturated rings. The Morgan fingerprint density at radius 2 is 1.52 bits per heavy atom. The highest BCUT2D eigenvalue weighted by atomic mass is 31.2. The molecular weight excluding hydrogens is 387 g/mol. The third kappa shape index (κ3) is 3.49. The molecule has 0 bridgehead atoms. The Hall–Kier alpha value is -2.85. The first kappa shape index (κ1) is 19.5. The number of hydrogen-bond donors (Lipinski definition) is 0. The summed E-state index contributed by atoms with van der Waals surface area (Å²) in [4.78, 5) is 24.5. The largest absolute Gasteiger partial charge is 0.465 e. The lowest BCUT2D eigenvalue weighted by molar-refractivity contribution is -0.144. The van der Waals surface area contributed by atoms with Crippen molar-refractivity contribution >= 4 is 30.6 Å². The van der Waals surface area contributed by atoms with Crippen LogP contribution in [0.3, 0.4) is 0 Å². The van der Waals surface area contributed by atoms with E-state index >= 15 is 0 Å². The van der Waals surface area contributed by atoms with Crippen LogP contribution in [0.5, 0.6) is 0 Å². The summed E-state index contributed by atoms with van der Waals surface area (Å²) >= 11 is 0. The molecule has 4 rings (SSSR count). The summed E-state index contributed by atoms with van der Waals surface area (Å²) < 4.78 is 23.1. The average Bonchev–Trinajstić information content (AvgIpc) is 3.33. The molecular formula is C22H23N2O4P. The van der Waals surface area contributed by atoms with Gasteiger partial charge in [0.15, 0.2) is 5.78 Å². The number of allylic oxidation sites excluding steroid dienone is 1. The molecule has 7 heteroatoms. The number of cyclic esters (lactones) is 1. The van der Waals surface area contributed by atoms with Gasteiger partial charge in [-0.2, -0.15) is 0 Å². The normalized spacial score (nSPS) is 20.6. The summed E-state index contributed by atoms with van der Waals surface area (Å²) in [6.45, 7) is 5.43. The maximum atomic E-state index is 14.5. The van der Waals surface area contributed by atoms with Gasteiger partial charge in [-0.1, -0.05) is 43.0 Å². The maximum absolute atomic E-state index is 14.5. The van der Waals surface area contributed by atoms with E-state index in [4.69, 9.17) is 4.74 Å². The Morgan fingerprint density at radius 3 is 1.97 bits per heavy atom. The number of nitrogens with zero attached hydrogens (tertiary/aromatic N) is 2. The van der Waals surface area contributed by atoms with Crippen molar-refractivity contribution in [1.29, 1.82) is 0 Å². The number of ether oxygens (including phenoxy) is 1. The van der Waals surface area contributed by atoms with E-state index in [0.29, 0.717) is 24.8 Å². The molecule has 0 amide bonds. The van der Waals surface area contributed by atoms with Gasteiger partial charge in [0.05, 0.1) is 6.61 Å². The van der Waals surface area contributed by atoms with Gasteiger partial charge in [-0.15, -0.1) is 0 Å². The SMILES string of the molecule is C=C(CC(=O)C1CCOC1=O)P1(=O)N(c2ccccc2)CCN1c1ccccc1. The number of Topliss-reactive ketones (excluding diaryl/α,β-unsaturated/α-hetero) is 1. The number of rotatable bonds is 6. The molecule has 2 heterocycles. The number of carbonyl (C=O) groups is 2. The third-order valence-corrected chi connectivity index (χ3v) is 8.55. The van der Waals surface area contributed by atoms with E-state index in [9.17, 15) is 14.2 Å². The van der Waals surface area contributed by atoms with Crippen molar-refractivity contribution in [3.05, 3.63) is 72.6 Å². The molecule has 6 nitrogen and oxygen atoms in total. The fraction of sp³-hybridized carbons (Fsp3) is 0.273. The van der Waals surface area contributed by atoms with Crippen LogP contribution in [-0.2, 0) is 18.9 Å².